The molecule has 13 atom stereocenters. The molecule has 0 heterocycles. The summed E-state index contributed by atoms with van der Waals surface area (Å²) in [5, 5.41) is 46.2. The lowest BCUT2D eigenvalue weighted by atomic mass is 9.24. The summed E-state index contributed by atoms with van der Waals surface area (Å²) >= 11 is 0. The number of aliphatic hydroxyl groups is 4. The zero-order valence-electron chi connectivity index (χ0n) is 25.3. The van der Waals surface area contributed by atoms with Gasteiger partial charge < -0.3 is 20.4 Å². The monoisotopic (exact) mass is 562 g/mol. The Labute approximate surface area is 245 Å². The Morgan fingerprint density at radius 1 is 0.902 bits per heavy atom. The van der Waals surface area contributed by atoms with Crippen molar-refractivity contribution in [3.05, 3.63) is 11.6 Å². The van der Waals surface area contributed by atoms with E-state index in [0.717, 1.165) is 70.6 Å². The Bertz CT molecular complexity index is 1290. The Kier molecular flexibility index (Phi) is 5.40. The molecule has 0 aromatic carbocycles. The van der Waals surface area contributed by atoms with E-state index in [-0.39, 0.29) is 51.3 Å². The molecule has 0 aliphatic heterocycles. The van der Waals surface area contributed by atoms with E-state index in [1.807, 2.05) is 6.92 Å². The number of hydrogen-bond acceptors (Lipinski definition) is 5. The SMILES string of the molecule is CC1(CO)C(O)CCC2(C)C1CCC1(C)C2C(=O)C=C2C13CCC1CCC45CCC#CC(O)C(CC4)(C(O)C3)C21C5. The Morgan fingerprint density at radius 3 is 2.46 bits per heavy atom. The number of carbonyl (C=O) groups is 1. The first-order valence-electron chi connectivity index (χ1n) is 16.8. The molecule has 0 radical (unpaired) electrons. The molecule has 8 aliphatic rings. The molecular formula is C36H50O5. The van der Waals surface area contributed by atoms with Crippen LogP contribution in [0.1, 0.15) is 111 Å². The van der Waals surface area contributed by atoms with E-state index >= 15 is 0 Å². The molecule has 8 rings (SSSR count). The molecule has 0 saturated heterocycles. The fourth-order valence-corrected chi connectivity index (χ4v) is 14.6. The lowest BCUT2D eigenvalue weighted by Gasteiger charge is -2.79. The smallest absolute Gasteiger partial charge is 0.159 e. The van der Waals surface area contributed by atoms with Gasteiger partial charge in [-0.05, 0) is 118 Å². The number of allylic oxidation sites excluding steroid dienone is 2. The van der Waals surface area contributed by atoms with Gasteiger partial charge in [-0.15, -0.1) is 5.92 Å². The largest absolute Gasteiger partial charge is 0.396 e. The van der Waals surface area contributed by atoms with Crippen molar-refractivity contribution in [1.82, 2.24) is 0 Å². The average molecular weight is 563 g/mol. The highest BCUT2D eigenvalue weighted by molar-refractivity contribution is 5.96. The number of hydrogen-bond donors (Lipinski definition) is 4. The lowest BCUT2D eigenvalue weighted by Crippen LogP contribution is -2.76. The molecule has 224 valence electrons. The minimum absolute atomic E-state index is 0.0642. The van der Waals surface area contributed by atoms with Crippen molar-refractivity contribution in [2.24, 2.45) is 55.7 Å². The first-order chi connectivity index (χ1) is 19.4. The fourth-order valence-electron chi connectivity index (χ4n) is 14.6. The van der Waals surface area contributed by atoms with Crippen LogP contribution in [-0.4, -0.2) is 51.1 Å². The predicted octanol–water partition coefficient (Wildman–Crippen LogP) is 4.94. The average Bonchev–Trinajstić information content (AvgIpc) is 3.01. The highest BCUT2D eigenvalue weighted by Crippen LogP contribution is 2.84. The van der Waals surface area contributed by atoms with E-state index in [1.165, 1.54) is 12.0 Å². The van der Waals surface area contributed by atoms with Crippen molar-refractivity contribution in [2.45, 2.75) is 129 Å². The molecule has 6 saturated carbocycles. The second kappa shape index (κ2) is 8.09. The molecule has 4 N–H and O–H groups in total. The number of fused-ring (bicyclic) bond motifs is 4. The minimum Gasteiger partial charge on any atom is -0.396 e. The Morgan fingerprint density at radius 2 is 1.68 bits per heavy atom. The van der Waals surface area contributed by atoms with E-state index in [9.17, 15) is 25.2 Å². The highest BCUT2D eigenvalue weighted by atomic mass is 16.3. The van der Waals surface area contributed by atoms with Crippen molar-refractivity contribution < 1.29 is 25.2 Å². The first-order valence-corrected chi connectivity index (χ1v) is 16.8. The number of ketones is 1. The van der Waals surface area contributed by atoms with Crippen LogP contribution in [0.3, 0.4) is 0 Å². The zero-order valence-corrected chi connectivity index (χ0v) is 25.3. The molecule has 5 heteroatoms. The lowest BCUT2D eigenvalue weighted by molar-refractivity contribution is -0.283. The third-order valence-corrected chi connectivity index (χ3v) is 16.4. The topological polar surface area (TPSA) is 98.0 Å². The van der Waals surface area contributed by atoms with Crippen LogP contribution in [-0.2, 0) is 4.79 Å². The van der Waals surface area contributed by atoms with Crippen molar-refractivity contribution in [1.29, 1.82) is 0 Å². The molecule has 13 unspecified atom stereocenters. The van der Waals surface area contributed by atoms with Gasteiger partial charge in [-0.1, -0.05) is 32.3 Å². The van der Waals surface area contributed by atoms with Crippen LogP contribution in [0.25, 0.3) is 0 Å². The van der Waals surface area contributed by atoms with Crippen LogP contribution in [0.2, 0.25) is 0 Å². The summed E-state index contributed by atoms with van der Waals surface area (Å²) < 4.78 is 0. The Hall–Kier alpha value is -1.19. The highest BCUT2D eigenvalue weighted by Gasteiger charge is 2.80. The first kappa shape index (κ1) is 27.4. The summed E-state index contributed by atoms with van der Waals surface area (Å²) in [5.41, 5.74) is -1.09. The van der Waals surface area contributed by atoms with Gasteiger partial charge in [0.2, 0.25) is 0 Å². The van der Waals surface area contributed by atoms with Crippen LogP contribution in [0.15, 0.2) is 11.6 Å². The summed E-state index contributed by atoms with van der Waals surface area (Å²) in [4.78, 5) is 14.9. The van der Waals surface area contributed by atoms with Crippen LogP contribution >= 0.6 is 0 Å². The van der Waals surface area contributed by atoms with Gasteiger partial charge in [0.1, 0.15) is 6.10 Å². The molecular weight excluding hydrogens is 512 g/mol. The zero-order chi connectivity index (χ0) is 28.8. The van der Waals surface area contributed by atoms with Gasteiger partial charge in [0.15, 0.2) is 5.78 Å². The number of aliphatic hydroxyl groups excluding tert-OH is 4. The van der Waals surface area contributed by atoms with Crippen molar-refractivity contribution in [3.63, 3.8) is 0 Å². The maximum absolute atomic E-state index is 14.9. The van der Waals surface area contributed by atoms with Crippen LogP contribution in [0, 0.1) is 67.5 Å². The van der Waals surface area contributed by atoms with Gasteiger partial charge >= 0.3 is 0 Å². The maximum atomic E-state index is 14.9. The second-order valence-electron chi connectivity index (χ2n) is 17.1. The second-order valence-corrected chi connectivity index (χ2v) is 17.1. The normalized spacial score (nSPS) is 60.2. The van der Waals surface area contributed by atoms with Gasteiger partial charge in [0.25, 0.3) is 0 Å². The quantitative estimate of drug-likeness (QED) is 0.339. The Balaban J connectivity index is 1.36. The van der Waals surface area contributed by atoms with Crippen molar-refractivity contribution >= 4 is 5.78 Å². The molecule has 41 heavy (non-hydrogen) atoms. The molecule has 5 nitrogen and oxygen atoms in total. The summed E-state index contributed by atoms with van der Waals surface area (Å²) in [6.45, 7) is 6.64. The van der Waals surface area contributed by atoms with Gasteiger partial charge in [-0.2, -0.15) is 0 Å². The fraction of sp³-hybridized carbons (Fsp3) is 0.861. The van der Waals surface area contributed by atoms with Gasteiger partial charge in [0, 0.05) is 34.0 Å². The van der Waals surface area contributed by atoms with Gasteiger partial charge in [-0.25, -0.2) is 0 Å². The van der Waals surface area contributed by atoms with E-state index in [0.29, 0.717) is 18.8 Å². The van der Waals surface area contributed by atoms with E-state index in [1.54, 1.807) is 0 Å². The van der Waals surface area contributed by atoms with Crippen molar-refractivity contribution in [2.75, 3.05) is 6.61 Å². The summed E-state index contributed by atoms with van der Waals surface area (Å²) in [6, 6.07) is 0. The van der Waals surface area contributed by atoms with Gasteiger partial charge in [0.05, 0.1) is 18.8 Å². The van der Waals surface area contributed by atoms with E-state index < -0.39 is 29.1 Å². The molecule has 6 fully saturated rings. The molecule has 0 aromatic rings. The molecule has 0 amide bonds. The standard InChI is InChI=1S/C36H50O5/c1-30-12-10-26(39)31(2,21-37)24(30)9-13-32(3)29(30)23(38)18-25-34(32)15-8-22-7-14-33-11-5-4-6-27(40)35(17-16-33,28(41)19-34)36(22,25)20-33/h18,22,24,26-29,37,39-41H,5,7-17,19-21H2,1-3H3. The molecule has 8 aliphatic carbocycles. The van der Waals surface area contributed by atoms with Crippen LogP contribution in [0.5, 0.6) is 0 Å². The number of rotatable bonds is 1. The number of carbonyl (C=O) groups excluding carboxylic acids is 1. The third kappa shape index (κ3) is 2.77. The van der Waals surface area contributed by atoms with Gasteiger partial charge in [-0.3, -0.25) is 4.79 Å². The summed E-state index contributed by atoms with van der Waals surface area (Å²) in [6.07, 6.45) is 12.9. The van der Waals surface area contributed by atoms with E-state index in [2.05, 4.69) is 31.8 Å². The minimum atomic E-state index is -0.870. The predicted molar refractivity (Wildman–Crippen MR) is 155 cm³/mol. The molecule has 3 spiro atoms. The summed E-state index contributed by atoms with van der Waals surface area (Å²) in [5.74, 6) is 7.07. The summed E-state index contributed by atoms with van der Waals surface area (Å²) in [7, 11) is 0. The van der Waals surface area contributed by atoms with E-state index in [4.69, 9.17) is 0 Å². The van der Waals surface area contributed by atoms with Crippen LogP contribution in [0.4, 0.5) is 0 Å². The third-order valence-electron chi connectivity index (χ3n) is 16.4. The maximum Gasteiger partial charge on any atom is 0.159 e. The van der Waals surface area contributed by atoms with Crippen LogP contribution < -0.4 is 0 Å². The molecule has 4 bridgehead atoms. The van der Waals surface area contributed by atoms with Crippen molar-refractivity contribution in [3.8, 4) is 11.8 Å². The molecule has 0 aromatic heterocycles.